The Bertz CT molecular complexity index is 1360. The summed E-state index contributed by atoms with van der Waals surface area (Å²) < 4.78 is 0. The van der Waals surface area contributed by atoms with Crippen LogP contribution in [0, 0.1) is 0 Å². The summed E-state index contributed by atoms with van der Waals surface area (Å²) in [5.41, 5.74) is 24.8. The van der Waals surface area contributed by atoms with Crippen LogP contribution < -0.4 is 44.2 Å². The molecule has 0 aromatic heterocycles. The zero-order chi connectivity index (χ0) is 33.1. The Hall–Kier alpha value is -4.28. The fourth-order valence-corrected chi connectivity index (χ4v) is 4.95. The maximum atomic E-state index is 13.7. The molecule has 4 bridgehead atoms. The Labute approximate surface area is 261 Å². The monoisotopic (exact) mass is 628 g/mol. The first-order valence-corrected chi connectivity index (χ1v) is 14.8. The number of carbonyl (C=O) groups excluding carboxylic acids is 4. The number of phenols is 2. The van der Waals surface area contributed by atoms with E-state index in [-0.39, 0.29) is 63.4 Å². The molecular weight excluding hydrogens is 584 g/mol. The van der Waals surface area contributed by atoms with E-state index in [1.807, 2.05) is 0 Å². The average Bonchev–Trinajstić information content (AvgIpc) is 3.02. The quantitative estimate of drug-likeness (QED) is 0.121. The molecule has 0 radical (unpaired) electrons. The zero-order valence-electron chi connectivity index (χ0n) is 25.0. The van der Waals surface area contributed by atoms with Crippen molar-refractivity contribution in [2.75, 3.05) is 26.2 Å². The minimum atomic E-state index is -1.36. The molecule has 15 nitrogen and oxygen atoms in total. The van der Waals surface area contributed by atoms with E-state index in [2.05, 4.69) is 21.3 Å². The summed E-state index contributed by atoms with van der Waals surface area (Å²) in [6, 6.07) is 4.59. The summed E-state index contributed by atoms with van der Waals surface area (Å²) in [5, 5.41) is 41.9. The van der Waals surface area contributed by atoms with E-state index < -0.39 is 53.9 Å². The van der Waals surface area contributed by atoms with Crippen LogP contribution in [0.15, 0.2) is 36.4 Å². The lowest BCUT2D eigenvalue weighted by Crippen LogP contribution is -2.59. The molecule has 1 heterocycles. The molecule has 246 valence electrons. The molecule has 0 saturated carbocycles. The highest BCUT2D eigenvalue weighted by molar-refractivity contribution is 5.95. The Morgan fingerprint density at radius 2 is 1.53 bits per heavy atom. The number of nitrogens with two attached hydrogens (primary N) is 4. The third kappa shape index (κ3) is 9.86. The molecular formula is C30H44N8O7. The van der Waals surface area contributed by atoms with E-state index in [0.717, 1.165) is 0 Å². The third-order valence-corrected chi connectivity index (χ3v) is 7.51. The fourth-order valence-electron chi connectivity index (χ4n) is 4.95. The molecule has 0 aliphatic carbocycles. The zero-order valence-corrected chi connectivity index (χ0v) is 25.0. The molecule has 4 amide bonds. The lowest BCUT2D eigenvalue weighted by Gasteiger charge is -2.27. The van der Waals surface area contributed by atoms with Crippen LogP contribution >= 0.6 is 0 Å². The van der Waals surface area contributed by atoms with E-state index in [0.29, 0.717) is 28.7 Å². The number of benzene rings is 2. The number of phenolic OH excluding ortho intramolecular Hbond substituents is 2. The minimum absolute atomic E-state index is 0.0777. The molecule has 15 heteroatoms. The summed E-state index contributed by atoms with van der Waals surface area (Å²) in [4.78, 5) is 53.3. The standard InChI is InChI=1S/C30H44N8O7/c31-7-1-2-22(28(43)35-9-8-32)36-29(44)23-13-19-11-17(4-6-26(19)41)16-3-5-25(40)18(10-16)12-21(34)27(42)37-24(30(45)38-23)14-20(39)15-33/h3-6,10-11,20-24,39-41H,1-2,7-9,12-15,31-34H2,(H,35,43)(H,36,44)(H,37,42)(H,38,45)/t20-,21+,22+,23?,24+/m1/s1. The predicted molar refractivity (Wildman–Crippen MR) is 166 cm³/mol. The highest BCUT2D eigenvalue weighted by Crippen LogP contribution is 2.31. The molecule has 5 atom stereocenters. The number of rotatable bonds is 11. The highest BCUT2D eigenvalue weighted by Gasteiger charge is 2.32. The van der Waals surface area contributed by atoms with Gasteiger partial charge in [-0.2, -0.15) is 0 Å². The van der Waals surface area contributed by atoms with Crippen molar-refractivity contribution in [3.05, 3.63) is 47.5 Å². The van der Waals surface area contributed by atoms with Crippen molar-refractivity contribution in [2.45, 2.75) is 62.4 Å². The van der Waals surface area contributed by atoms with Gasteiger partial charge in [-0.15, -0.1) is 0 Å². The van der Waals surface area contributed by atoms with Crippen molar-refractivity contribution in [2.24, 2.45) is 22.9 Å². The van der Waals surface area contributed by atoms with Crippen LogP contribution in [0.4, 0.5) is 0 Å². The largest absolute Gasteiger partial charge is 0.508 e. The Morgan fingerprint density at radius 1 is 0.911 bits per heavy atom. The first kappa shape index (κ1) is 35.2. The predicted octanol–water partition coefficient (Wildman–Crippen LogP) is -2.83. The van der Waals surface area contributed by atoms with Gasteiger partial charge in [0, 0.05) is 38.9 Å². The van der Waals surface area contributed by atoms with Gasteiger partial charge in [0.2, 0.25) is 23.6 Å². The van der Waals surface area contributed by atoms with E-state index in [9.17, 15) is 34.5 Å². The van der Waals surface area contributed by atoms with Crippen molar-refractivity contribution < 1.29 is 34.5 Å². The van der Waals surface area contributed by atoms with E-state index >= 15 is 0 Å². The van der Waals surface area contributed by atoms with E-state index in [1.54, 1.807) is 24.3 Å². The van der Waals surface area contributed by atoms with Crippen molar-refractivity contribution in [1.29, 1.82) is 0 Å². The molecule has 2 aromatic rings. The van der Waals surface area contributed by atoms with Crippen LogP contribution in [0.3, 0.4) is 0 Å². The van der Waals surface area contributed by atoms with Gasteiger partial charge >= 0.3 is 0 Å². The molecule has 45 heavy (non-hydrogen) atoms. The SMILES string of the molecule is NCCC[C@H](NC(=O)C1Cc2cc(ccc2O)-c2ccc(O)c(c2)C[C@H](N)C(=O)N[C@@H](C[C@@H](O)CN)C(=O)N1)C(=O)NCCN. The van der Waals surface area contributed by atoms with Crippen LogP contribution in [0.2, 0.25) is 0 Å². The molecule has 0 spiro atoms. The second-order valence-corrected chi connectivity index (χ2v) is 11.0. The Morgan fingerprint density at radius 3 is 2.11 bits per heavy atom. The van der Waals surface area contributed by atoms with Gasteiger partial charge in [0.1, 0.15) is 29.6 Å². The molecule has 1 aliphatic rings. The average molecular weight is 629 g/mol. The van der Waals surface area contributed by atoms with Gasteiger partial charge < -0.3 is 59.5 Å². The number of aliphatic hydroxyl groups is 1. The summed E-state index contributed by atoms with van der Waals surface area (Å²) in [6.07, 6.45) is -1.14. The molecule has 15 N–H and O–H groups in total. The van der Waals surface area contributed by atoms with E-state index in [4.69, 9.17) is 22.9 Å². The normalized spacial score (nSPS) is 20.1. The number of aliphatic hydroxyl groups excluding tert-OH is 1. The van der Waals surface area contributed by atoms with Gasteiger partial charge in [0.15, 0.2) is 0 Å². The molecule has 2 aromatic carbocycles. The fraction of sp³-hybridized carbons (Fsp3) is 0.467. The van der Waals surface area contributed by atoms with Crippen LogP contribution in [0.5, 0.6) is 11.5 Å². The Balaban J connectivity index is 2.08. The second kappa shape index (κ2) is 16.7. The summed E-state index contributed by atoms with van der Waals surface area (Å²) in [6.45, 7) is 0.424. The smallest absolute Gasteiger partial charge is 0.243 e. The van der Waals surface area contributed by atoms with Crippen molar-refractivity contribution in [3.8, 4) is 22.6 Å². The van der Waals surface area contributed by atoms with Gasteiger partial charge in [-0.25, -0.2) is 0 Å². The number of hydrogen-bond acceptors (Lipinski definition) is 11. The van der Waals surface area contributed by atoms with Gasteiger partial charge in [-0.1, -0.05) is 12.1 Å². The number of nitrogens with one attached hydrogen (secondary N) is 4. The van der Waals surface area contributed by atoms with Gasteiger partial charge in [-0.3, -0.25) is 19.2 Å². The highest BCUT2D eigenvalue weighted by atomic mass is 16.3. The van der Waals surface area contributed by atoms with Crippen LogP contribution in [0.1, 0.15) is 30.4 Å². The van der Waals surface area contributed by atoms with E-state index in [1.165, 1.54) is 12.1 Å². The number of hydrogen-bond donors (Lipinski definition) is 11. The summed E-state index contributed by atoms with van der Waals surface area (Å²) >= 11 is 0. The first-order valence-electron chi connectivity index (χ1n) is 14.8. The van der Waals surface area contributed by atoms with Crippen LogP contribution in [-0.4, -0.2) is 95.4 Å². The maximum Gasteiger partial charge on any atom is 0.243 e. The number of aromatic hydroxyl groups is 2. The molecule has 0 fully saturated rings. The lowest BCUT2D eigenvalue weighted by molar-refractivity contribution is -0.134. The minimum Gasteiger partial charge on any atom is -0.508 e. The van der Waals surface area contributed by atoms with Gasteiger partial charge in [0.25, 0.3) is 0 Å². The maximum absolute atomic E-state index is 13.7. The van der Waals surface area contributed by atoms with Crippen molar-refractivity contribution >= 4 is 23.6 Å². The lowest BCUT2D eigenvalue weighted by atomic mass is 9.95. The third-order valence-electron chi connectivity index (χ3n) is 7.51. The van der Waals surface area contributed by atoms with Gasteiger partial charge in [0.05, 0.1) is 12.1 Å². The number of fused-ring (bicyclic) bond motifs is 5. The molecule has 3 rings (SSSR count). The van der Waals surface area contributed by atoms with Crippen molar-refractivity contribution in [3.63, 3.8) is 0 Å². The Kier molecular flexibility index (Phi) is 13.1. The second-order valence-electron chi connectivity index (χ2n) is 11.0. The summed E-state index contributed by atoms with van der Waals surface area (Å²) in [7, 11) is 0. The van der Waals surface area contributed by atoms with Gasteiger partial charge in [-0.05, 0) is 65.9 Å². The summed E-state index contributed by atoms with van der Waals surface area (Å²) in [5.74, 6) is -3.03. The number of carbonyl (C=O) groups is 4. The number of amides is 4. The first-order chi connectivity index (χ1) is 21.5. The molecule has 0 saturated heterocycles. The topological polar surface area (TPSA) is 281 Å². The van der Waals surface area contributed by atoms with Crippen LogP contribution in [-0.2, 0) is 32.0 Å². The van der Waals surface area contributed by atoms with Crippen molar-refractivity contribution in [1.82, 2.24) is 21.3 Å². The van der Waals surface area contributed by atoms with Crippen LogP contribution in [0.25, 0.3) is 11.1 Å². The molecule has 1 unspecified atom stereocenters. The molecule has 1 aliphatic heterocycles.